The molecule has 1 atom stereocenters. The summed E-state index contributed by atoms with van der Waals surface area (Å²) in [5.41, 5.74) is 0. The zero-order chi connectivity index (χ0) is 13.8. The first-order valence-corrected chi connectivity index (χ1v) is 7.63. The van der Waals surface area contributed by atoms with Gasteiger partial charge in [0.2, 0.25) is 11.8 Å². The number of hydrogen-bond donors (Lipinski definition) is 1. The standard InChI is InChI=1S/C12H18N2O4S/c15-10-4-2-1-3-5-13(10)6-11(16)14-8-19-7-9(14)12(17)18/h9H,1-8H2,(H,17,18). The van der Waals surface area contributed by atoms with Crippen molar-refractivity contribution >= 4 is 29.5 Å². The van der Waals surface area contributed by atoms with E-state index in [0.29, 0.717) is 24.6 Å². The second kappa shape index (κ2) is 6.27. The molecule has 2 rings (SSSR count). The number of nitrogens with zero attached hydrogens (tertiary/aromatic N) is 2. The van der Waals surface area contributed by atoms with Crippen LogP contribution in [0.2, 0.25) is 0 Å². The molecular formula is C12H18N2O4S. The third kappa shape index (κ3) is 3.40. The van der Waals surface area contributed by atoms with Gasteiger partial charge >= 0.3 is 5.97 Å². The van der Waals surface area contributed by atoms with E-state index in [9.17, 15) is 14.4 Å². The minimum absolute atomic E-state index is 0.00424. The molecule has 2 heterocycles. The molecule has 106 valence electrons. The van der Waals surface area contributed by atoms with Crippen LogP contribution in [0, 0.1) is 0 Å². The highest BCUT2D eigenvalue weighted by molar-refractivity contribution is 7.99. The number of likely N-dealkylation sites (tertiary alicyclic amines) is 1. The van der Waals surface area contributed by atoms with Crippen molar-refractivity contribution in [1.82, 2.24) is 9.80 Å². The highest BCUT2D eigenvalue weighted by atomic mass is 32.2. The van der Waals surface area contributed by atoms with Crippen LogP contribution in [0.5, 0.6) is 0 Å². The highest BCUT2D eigenvalue weighted by Gasteiger charge is 2.35. The molecule has 0 aromatic carbocycles. The fourth-order valence-corrected chi connectivity index (χ4v) is 3.52. The van der Waals surface area contributed by atoms with Crippen LogP contribution < -0.4 is 0 Å². The average molecular weight is 286 g/mol. The number of carboxylic acids is 1. The Bertz CT molecular complexity index is 388. The predicted octanol–water partition coefficient (Wildman–Crippen LogP) is 0.375. The van der Waals surface area contributed by atoms with Crippen molar-refractivity contribution in [1.29, 1.82) is 0 Å². The largest absolute Gasteiger partial charge is 0.480 e. The lowest BCUT2D eigenvalue weighted by Crippen LogP contribution is -2.47. The normalized spacial score (nSPS) is 24.4. The summed E-state index contributed by atoms with van der Waals surface area (Å²) in [5.74, 6) is -0.398. The van der Waals surface area contributed by atoms with Gasteiger partial charge in [-0.1, -0.05) is 6.42 Å². The Hall–Kier alpha value is -1.24. The Morgan fingerprint density at radius 1 is 1.32 bits per heavy atom. The average Bonchev–Trinajstić information content (AvgIpc) is 2.78. The second-order valence-corrected chi connectivity index (χ2v) is 5.84. The van der Waals surface area contributed by atoms with Crippen molar-refractivity contribution in [3.05, 3.63) is 0 Å². The number of amides is 2. The molecule has 7 heteroatoms. The maximum absolute atomic E-state index is 12.1. The third-order valence-corrected chi connectivity index (χ3v) is 4.50. The van der Waals surface area contributed by atoms with Gasteiger partial charge in [-0.05, 0) is 12.8 Å². The molecule has 19 heavy (non-hydrogen) atoms. The van der Waals surface area contributed by atoms with E-state index in [1.807, 2.05) is 0 Å². The summed E-state index contributed by atoms with van der Waals surface area (Å²) in [6.45, 7) is 0.618. The SMILES string of the molecule is O=C(O)C1CSCN1C(=O)CN1CCCCCC1=O. The molecule has 0 aromatic rings. The van der Waals surface area contributed by atoms with Gasteiger partial charge in [-0.2, -0.15) is 0 Å². The number of rotatable bonds is 3. The smallest absolute Gasteiger partial charge is 0.327 e. The Kier molecular flexibility index (Phi) is 4.68. The van der Waals surface area contributed by atoms with Crippen LogP contribution in [0.15, 0.2) is 0 Å². The van der Waals surface area contributed by atoms with Gasteiger partial charge in [-0.15, -0.1) is 11.8 Å². The maximum Gasteiger partial charge on any atom is 0.327 e. The van der Waals surface area contributed by atoms with E-state index in [1.54, 1.807) is 4.90 Å². The molecule has 0 saturated carbocycles. The Morgan fingerprint density at radius 2 is 2.11 bits per heavy atom. The molecule has 2 saturated heterocycles. The van der Waals surface area contributed by atoms with Crippen LogP contribution in [0.25, 0.3) is 0 Å². The monoisotopic (exact) mass is 286 g/mol. The number of carboxylic acid groups (broad SMARTS) is 1. The number of aliphatic carboxylic acids is 1. The first-order valence-electron chi connectivity index (χ1n) is 6.47. The summed E-state index contributed by atoms with van der Waals surface area (Å²) >= 11 is 1.43. The van der Waals surface area contributed by atoms with Crippen LogP contribution >= 0.6 is 11.8 Å². The van der Waals surface area contributed by atoms with E-state index in [0.717, 1.165) is 19.3 Å². The molecular weight excluding hydrogens is 268 g/mol. The summed E-state index contributed by atoms with van der Waals surface area (Å²) in [4.78, 5) is 37.9. The topological polar surface area (TPSA) is 77.9 Å². The first-order chi connectivity index (χ1) is 9.09. The number of hydrogen-bond acceptors (Lipinski definition) is 4. The van der Waals surface area contributed by atoms with Crippen LogP contribution in [0.4, 0.5) is 0 Å². The Morgan fingerprint density at radius 3 is 2.84 bits per heavy atom. The van der Waals surface area contributed by atoms with Crippen molar-refractivity contribution < 1.29 is 19.5 Å². The molecule has 1 N–H and O–H groups in total. The summed E-state index contributed by atoms with van der Waals surface area (Å²) in [5, 5.41) is 9.05. The maximum atomic E-state index is 12.1. The van der Waals surface area contributed by atoms with Crippen molar-refractivity contribution in [2.45, 2.75) is 31.7 Å². The second-order valence-electron chi connectivity index (χ2n) is 4.84. The molecule has 0 radical (unpaired) electrons. The zero-order valence-electron chi connectivity index (χ0n) is 10.7. The van der Waals surface area contributed by atoms with Crippen LogP contribution in [0.3, 0.4) is 0 Å². The van der Waals surface area contributed by atoms with Crippen LogP contribution in [0.1, 0.15) is 25.7 Å². The number of carbonyl (C=O) groups excluding carboxylic acids is 2. The van der Waals surface area contributed by atoms with E-state index in [4.69, 9.17) is 5.11 Å². The van der Waals surface area contributed by atoms with E-state index in [1.165, 1.54) is 16.7 Å². The number of thioether (sulfide) groups is 1. The minimum Gasteiger partial charge on any atom is -0.480 e. The highest BCUT2D eigenvalue weighted by Crippen LogP contribution is 2.21. The van der Waals surface area contributed by atoms with Crippen molar-refractivity contribution in [3.8, 4) is 0 Å². The fourth-order valence-electron chi connectivity index (χ4n) is 2.35. The summed E-state index contributed by atoms with van der Waals surface area (Å²) < 4.78 is 0. The minimum atomic E-state index is -0.972. The summed E-state index contributed by atoms with van der Waals surface area (Å²) in [6, 6.07) is -0.750. The molecule has 0 bridgehead atoms. The lowest BCUT2D eigenvalue weighted by Gasteiger charge is -2.25. The molecule has 2 aliphatic rings. The molecule has 2 aliphatic heterocycles. The Labute approximate surface area is 116 Å². The third-order valence-electron chi connectivity index (χ3n) is 3.49. The summed E-state index contributed by atoms with van der Waals surface area (Å²) in [6.07, 6.45) is 3.29. The predicted molar refractivity (Wildman–Crippen MR) is 70.6 cm³/mol. The fraction of sp³-hybridized carbons (Fsp3) is 0.750. The van der Waals surface area contributed by atoms with Gasteiger partial charge in [0.05, 0.1) is 12.4 Å². The van der Waals surface area contributed by atoms with E-state index >= 15 is 0 Å². The number of carbonyl (C=O) groups is 3. The van der Waals surface area contributed by atoms with Gasteiger partial charge in [0.1, 0.15) is 6.04 Å². The molecule has 2 amide bonds. The van der Waals surface area contributed by atoms with Crippen molar-refractivity contribution in [3.63, 3.8) is 0 Å². The zero-order valence-corrected chi connectivity index (χ0v) is 11.5. The summed E-state index contributed by atoms with van der Waals surface area (Å²) in [7, 11) is 0. The lowest BCUT2D eigenvalue weighted by atomic mass is 10.2. The molecule has 6 nitrogen and oxygen atoms in total. The molecule has 0 aromatic heterocycles. The van der Waals surface area contributed by atoms with Crippen molar-refractivity contribution in [2.75, 3.05) is 24.7 Å². The van der Waals surface area contributed by atoms with Crippen LogP contribution in [-0.4, -0.2) is 63.5 Å². The molecule has 2 fully saturated rings. The van der Waals surface area contributed by atoms with Gasteiger partial charge < -0.3 is 14.9 Å². The lowest BCUT2D eigenvalue weighted by molar-refractivity contribution is -0.149. The van der Waals surface area contributed by atoms with Gasteiger partial charge in [0.15, 0.2) is 0 Å². The Balaban J connectivity index is 1.96. The first kappa shape index (κ1) is 14.2. The van der Waals surface area contributed by atoms with Crippen LogP contribution in [-0.2, 0) is 14.4 Å². The van der Waals surface area contributed by atoms with Gasteiger partial charge in [-0.25, -0.2) is 4.79 Å². The quantitative estimate of drug-likeness (QED) is 0.811. The molecule has 0 spiro atoms. The molecule has 0 aliphatic carbocycles. The van der Waals surface area contributed by atoms with E-state index in [2.05, 4.69) is 0 Å². The van der Waals surface area contributed by atoms with Crippen molar-refractivity contribution in [2.24, 2.45) is 0 Å². The van der Waals surface area contributed by atoms with E-state index in [-0.39, 0.29) is 18.4 Å². The van der Waals surface area contributed by atoms with E-state index < -0.39 is 12.0 Å². The van der Waals surface area contributed by atoms with Gasteiger partial charge in [0.25, 0.3) is 0 Å². The van der Waals surface area contributed by atoms with Gasteiger partial charge in [0, 0.05) is 18.7 Å². The van der Waals surface area contributed by atoms with Gasteiger partial charge in [-0.3, -0.25) is 9.59 Å². The molecule has 1 unspecified atom stereocenters.